The molecule has 1 aliphatic heterocycles. The Bertz CT molecular complexity index is 909. The molecule has 0 aliphatic carbocycles. The maximum atomic E-state index is 13.1. The summed E-state index contributed by atoms with van der Waals surface area (Å²) < 4.78 is 0. The molecule has 1 aromatic carbocycles. The quantitative estimate of drug-likeness (QED) is 0.713. The van der Waals surface area contributed by atoms with E-state index in [1.807, 2.05) is 36.9 Å². The molecule has 1 saturated heterocycles. The molecule has 1 fully saturated rings. The Labute approximate surface area is 178 Å². The molecule has 0 bridgehead atoms. The largest absolute Gasteiger partial charge is 0.354 e. The van der Waals surface area contributed by atoms with Crippen molar-refractivity contribution in [2.45, 2.75) is 46.5 Å². The smallest absolute Gasteiger partial charge is 0.270 e. The first kappa shape index (κ1) is 21.8. The highest BCUT2D eigenvalue weighted by Crippen LogP contribution is 2.22. The van der Waals surface area contributed by atoms with Gasteiger partial charge in [-0.2, -0.15) is 0 Å². The van der Waals surface area contributed by atoms with E-state index >= 15 is 0 Å². The summed E-state index contributed by atoms with van der Waals surface area (Å²) in [7, 11) is 0. The van der Waals surface area contributed by atoms with Crippen molar-refractivity contribution in [1.82, 2.24) is 14.8 Å². The topological polar surface area (TPSA) is 73.5 Å². The van der Waals surface area contributed by atoms with Gasteiger partial charge in [0.1, 0.15) is 5.69 Å². The predicted octanol–water partition coefficient (Wildman–Crippen LogP) is 3.40. The van der Waals surface area contributed by atoms with Gasteiger partial charge in [0, 0.05) is 43.9 Å². The number of hydrogen-bond donors (Lipinski definition) is 1. The van der Waals surface area contributed by atoms with Crippen molar-refractivity contribution >= 4 is 17.6 Å². The first-order valence-corrected chi connectivity index (χ1v) is 10.8. The fourth-order valence-corrected chi connectivity index (χ4v) is 4.25. The molecule has 0 saturated carbocycles. The lowest BCUT2D eigenvalue weighted by Gasteiger charge is -2.35. The van der Waals surface area contributed by atoms with E-state index in [0.29, 0.717) is 50.3 Å². The van der Waals surface area contributed by atoms with Crippen LogP contribution >= 0.6 is 0 Å². The highest BCUT2D eigenvalue weighted by atomic mass is 16.2. The number of aromatic nitrogens is 1. The number of aromatic amines is 1. The number of carbonyl (C=O) groups excluding carboxylic acids is 3. The summed E-state index contributed by atoms with van der Waals surface area (Å²) in [5.74, 6) is 0.0473. The zero-order valence-electron chi connectivity index (χ0n) is 18.2. The van der Waals surface area contributed by atoms with Gasteiger partial charge in [-0.3, -0.25) is 14.4 Å². The SMILES string of the molecule is CCc1c(C(=O)N2CCN(C(=O)CCCc3ccccc3)CC2)[nH]c(C)c1C(C)=O. The van der Waals surface area contributed by atoms with Gasteiger partial charge >= 0.3 is 0 Å². The van der Waals surface area contributed by atoms with Gasteiger partial charge in [0.25, 0.3) is 5.91 Å². The number of nitrogens with zero attached hydrogens (tertiary/aromatic N) is 2. The molecule has 1 aliphatic rings. The van der Waals surface area contributed by atoms with Gasteiger partial charge in [-0.1, -0.05) is 37.3 Å². The third-order valence-electron chi connectivity index (χ3n) is 5.83. The number of nitrogens with one attached hydrogen (secondary N) is 1. The summed E-state index contributed by atoms with van der Waals surface area (Å²) in [5, 5.41) is 0. The molecule has 6 heteroatoms. The van der Waals surface area contributed by atoms with Crippen LogP contribution in [0.1, 0.15) is 64.4 Å². The normalized spacial score (nSPS) is 14.1. The summed E-state index contributed by atoms with van der Waals surface area (Å²) in [6, 6.07) is 10.2. The number of piperazine rings is 1. The van der Waals surface area contributed by atoms with Gasteiger partial charge < -0.3 is 14.8 Å². The Balaban J connectivity index is 1.54. The van der Waals surface area contributed by atoms with Crippen molar-refractivity contribution in [3.05, 3.63) is 58.4 Å². The fourth-order valence-electron chi connectivity index (χ4n) is 4.25. The van der Waals surface area contributed by atoms with E-state index in [1.54, 1.807) is 4.90 Å². The van der Waals surface area contributed by atoms with Crippen LogP contribution in [0.5, 0.6) is 0 Å². The lowest BCUT2D eigenvalue weighted by molar-refractivity contribution is -0.132. The lowest BCUT2D eigenvalue weighted by Crippen LogP contribution is -2.50. The summed E-state index contributed by atoms with van der Waals surface area (Å²) in [6.07, 6.45) is 2.88. The average Bonchev–Trinajstić information content (AvgIpc) is 3.10. The predicted molar refractivity (Wildman–Crippen MR) is 117 cm³/mol. The van der Waals surface area contributed by atoms with Gasteiger partial charge in [0.15, 0.2) is 5.78 Å². The van der Waals surface area contributed by atoms with Gasteiger partial charge in [0.2, 0.25) is 5.91 Å². The third kappa shape index (κ3) is 4.81. The van der Waals surface area contributed by atoms with Crippen LogP contribution in [0.15, 0.2) is 30.3 Å². The maximum absolute atomic E-state index is 13.1. The van der Waals surface area contributed by atoms with Crippen LogP contribution < -0.4 is 0 Å². The fraction of sp³-hybridized carbons (Fsp3) is 0.458. The van der Waals surface area contributed by atoms with Crippen molar-refractivity contribution in [3.63, 3.8) is 0 Å². The average molecular weight is 410 g/mol. The van der Waals surface area contributed by atoms with Crippen LogP contribution in [0.3, 0.4) is 0 Å². The number of Topliss-reactive ketones (excluding diaryl/α,β-unsaturated/α-hetero) is 1. The van der Waals surface area contributed by atoms with Gasteiger partial charge in [-0.15, -0.1) is 0 Å². The van der Waals surface area contributed by atoms with E-state index in [0.717, 1.165) is 24.1 Å². The first-order valence-electron chi connectivity index (χ1n) is 10.8. The van der Waals surface area contributed by atoms with E-state index in [4.69, 9.17) is 0 Å². The molecule has 1 N–H and O–H groups in total. The second-order valence-corrected chi connectivity index (χ2v) is 7.90. The van der Waals surface area contributed by atoms with Crippen LogP contribution in [0.25, 0.3) is 0 Å². The summed E-state index contributed by atoms with van der Waals surface area (Å²) >= 11 is 0. The summed E-state index contributed by atoms with van der Waals surface area (Å²) in [5.41, 5.74) is 3.94. The number of rotatable bonds is 7. The number of hydrogen-bond acceptors (Lipinski definition) is 3. The van der Waals surface area contributed by atoms with Gasteiger partial charge in [-0.25, -0.2) is 0 Å². The Morgan fingerprint density at radius 2 is 1.63 bits per heavy atom. The molecule has 0 unspecified atom stereocenters. The van der Waals surface area contributed by atoms with E-state index in [1.165, 1.54) is 12.5 Å². The number of amides is 2. The Hall–Kier alpha value is -2.89. The number of carbonyl (C=O) groups is 3. The molecule has 3 rings (SSSR count). The van der Waals surface area contributed by atoms with Crippen LogP contribution in [-0.2, 0) is 17.6 Å². The minimum atomic E-state index is -0.0846. The summed E-state index contributed by atoms with van der Waals surface area (Å²) in [4.78, 5) is 44.3. The molecule has 0 radical (unpaired) electrons. The molecule has 2 aromatic rings. The minimum Gasteiger partial charge on any atom is -0.354 e. The first-order chi connectivity index (χ1) is 14.4. The third-order valence-corrected chi connectivity index (χ3v) is 5.83. The van der Waals surface area contributed by atoms with E-state index in [-0.39, 0.29) is 17.6 Å². The second kappa shape index (κ2) is 9.74. The molecule has 1 aromatic heterocycles. The second-order valence-electron chi connectivity index (χ2n) is 7.90. The van der Waals surface area contributed by atoms with Crippen LogP contribution in [0.2, 0.25) is 0 Å². The number of ketones is 1. The van der Waals surface area contributed by atoms with Crippen molar-refractivity contribution in [2.75, 3.05) is 26.2 Å². The monoisotopic (exact) mass is 409 g/mol. The van der Waals surface area contributed by atoms with Crippen molar-refractivity contribution in [3.8, 4) is 0 Å². The molecule has 6 nitrogen and oxygen atoms in total. The highest BCUT2D eigenvalue weighted by molar-refractivity contribution is 6.02. The molecule has 30 heavy (non-hydrogen) atoms. The van der Waals surface area contributed by atoms with E-state index < -0.39 is 0 Å². The Kier molecular flexibility index (Phi) is 7.08. The lowest BCUT2D eigenvalue weighted by atomic mass is 10.0. The Morgan fingerprint density at radius 3 is 2.23 bits per heavy atom. The highest BCUT2D eigenvalue weighted by Gasteiger charge is 2.28. The van der Waals surface area contributed by atoms with Crippen molar-refractivity contribution < 1.29 is 14.4 Å². The van der Waals surface area contributed by atoms with Crippen LogP contribution in [0.4, 0.5) is 0 Å². The number of aryl methyl sites for hydroxylation is 2. The van der Waals surface area contributed by atoms with Crippen molar-refractivity contribution in [2.24, 2.45) is 0 Å². The van der Waals surface area contributed by atoms with Gasteiger partial charge in [0.05, 0.1) is 0 Å². The molecule has 160 valence electrons. The number of benzene rings is 1. The summed E-state index contributed by atoms with van der Waals surface area (Å²) in [6.45, 7) is 7.45. The molecule has 2 heterocycles. The van der Waals surface area contributed by atoms with E-state index in [2.05, 4.69) is 17.1 Å². The molecule has 0 atom stereocenters. The zero-order chi connectivity index (χ0) is 21.7. The zero-order valence-corrected chi connectivity index (χ0v) is 18.2. The number of H-pyrrole nitrogens is 1. The molecule has 0 spiro atoms. The van der Waals surface area contributed by atoms with Crippen LogP contribution in [0, 0.1) is 6.92 Å². The maximum Gasteiger partial charge on any atom is 0.270 e. The molecular formula is C24H31N3O3. The standard InChI is InChI=1S/C24H31N3O3/c1-4-20-22(18(3)28)17(2)25-23(20)24(30)27-15-13-26(14-16-27)21(29)12-8-11-19-9-6-5-7-10-19/h5-7,9-10,25H,4,8,11-16H2,1-3H3. The molecular weight excluding hydrogens is 378 g/mol. The Morgan fingerprint density at radius 1 is 1.00 bits per heavy atom. The van der Waals surface area contributed by atoms with Crippen molar-refractivity contribution in [1.29, 1.82) is 0 Å². The minimum absolute atomic E-state index is 0.0226. The van der Waals surface area contributed by atoms with E-state index in [9.17, 15) is 14.4 Å². The van der Waals surface area contributed by atoms with Crippen LogP contribution in [-0.4, -0.2) is 58.6 Å². The van der Waals surface area contributed by atoms with Gasteiger partial charge in [-0.05, 0) is 44.2 Å². The molecule has 2 amide bonds.